The summed E-state index contributed by atoms with van der Waals surface area (Å²) in [4.78, 5) is 15.8. The molecular formula is C12H17NO2. The quantitative estimate of drug-likeness (QED) is 0.715. The maximum absolute atomic E-state index is 11.7. The van der Waals surface area contributed by atoms with E-state index in [0.29, 0.717) is 5.69 Å². The van der Waals surface area contributed by atoms with Gasteiger partial charge in [-0.05, 0) is 39.3 Å². The number of esters is 1. The minimum absolute atomic E-state index is 0.356. The molecule has 0 saturated carbocycles. The molecule has 0 radical (unpaired) electrons. The number of aryl methyl sites for hydroxylation is 1. The topological polar surface area (TPSA) is 39.2 Å². The summed E-state index contributed by atoms with van der Waals surface area (Å²) in [5.41, 5.74) is 0.762. The molecule has 1 aromatic rings. The van der Waals surface area contributed by atoms with Crippen molar-refractivity contribution in [3.63, 3.8) is 0 Å². The van der Waals surface area contributed by atoms with Gasteiger partial charge < -0.3 is 4.74 Å². The summed E-state index contributed by atoms with van der Waals surface area (Å²) in [6, 6.07) is 5.32. The van der Waals surface area contributed by atoms with Crippen LogP contribution in [-0.2, 0) is 4.74 Å². The van der Waals surface area contributed by atoms with Crippen molar-refractivity contribution in [2.75, 3.05) is 0 Å². The van der Waals surface area contributed by atoms with Gasteiger partial charge in [0.2, 0.25) is 0 Å². The first-order valence-corrected chi connectivity index (χ1v) is 5.11. The van der Waals surface area contributed by atoms with Gasteiger partial charge in [0.15, 0.2) is 0 Å². The van der Waals surface area contributed by atoms with E-state index in [1.54, 1.807) is 12.1 Å². The van der Waals surface area contributed by atoms with Gasteiger partial charge in [0, 0.05) is 5.69 Å². The largest absolute Gasteiger partial charge is 0.455 e. The van der Waals surface area contributed by atoms with Crippen LogP contribution in [0.15, 0.2) is 18.2 Å². The molecule has 0 atom stereocenters. The van der Waals surface area contributed by atoms with E-state index in [0.717, 1.165) is 12.1 Å². The lowest BCUT2D eigenvalue weighted by atomic mass is 10.1. The van der Waals surface area contributed by atoms with Gasteiger partial charge in [-0.15, -0.1) is 0 Å². The van der Waals surface area contributed by atoms with Crippen molar-refractivity contribution in [1.82, 2.24) is 4.98 Å². The molecule has 0 aliphatic heterocycles. The summed E-state index contributed by atoms with van der Waals surface area (Å²) < 4.78 is 5.33. The third-order valence-electron chi connectivity index (χ3n) is 2.32. The Bertz CT molecular complexity index is 358. The van der Waals surface area contributed by atoms with Crippen LogP contribution in [0.4, 0.5) is 0 Å². The van der Waals surface area contributed by atoms with Gasteiger partial charge in [0.05, 0.1) is 0 Å². The first-order valence-electron chi connectivity index (χ1n) is 5.11. The fraction of sp³-hybridized carbons (Fsp3) is 0.500. The van der Waals surface area contributed by atoms with Crippen LogP contribution in [0.1, 0.15) is 43.4 Å². The average molecular weight is 207 g/mol. The summed E-state index contributed by atoms with van der Waals surface area (Å²) in [5.74, 6) is -0.356. The monoisotopic (exact) mass is 207 g/mol. The molecule has 0 aromatic carbocycles. The number of rotatable bonds is 3. The lowest BCUT2D eigenvalue weighted by Crippen LogP contribution is -2.27. The van der Waals surface area contributed by atoms with Crippen LogP contribution >= 0.6 is 0 Å². The highest BCUT2D eigenvalue weighted by Crippen LogP contribution is 2.15. The number of nitrogens with zero attached hydrogens (tertiary/aromatic N) is 1. The third kappa shape index (κ3) is 3.35. The smallest absolute Gasteiger partial charge is 0.357 e. The molecule has 0 unspecified atom stereocenters. The van der Waals surface area contributed by atoms with Gasteiger partial charge in [-0.25, -0.2) is 9.78 Å². The minimum Gasteiger partial charge on any atom is -0.455 e. The van der Waals surface area contributed by atoms with Crippen LogP contribution in [0.3, 0.4) is 0 Å². The molecule has 0 fully saturated rings. The highest BCUT2D eigenvalue weighted by molar-refractivity contribution is 5.87. The SMILES string of the molecule is CCC(C)(C)OC(=O)c1cccc(C)n1. The Kier molecular flexibility index (Phi) is 3.45. The van der Waals surface area contributed by atoms with Crippen LogP contribution in [0.2, 0.25) is 0 Å². The van der Waals surface area contributed by atoms with E-state index in [1.165, 1.54) is 0 Å². The molecule has 0 amide bonds. The molecule has 15 heavy (non-hydrogen) atoms. The zero-order valence-corrected chi connectivity index (χ0v) is 9.70. The molecule has 82 valence electrons. The van der Waals surface area contributed by atoms with Gasteiger partial charge in [0.1, 0.15) is 11.3 Å². The standard InChI is InChI=1S/C12H17NO2/c1-5-12(3,4)15-11(14)10-8-6-7-9(2)13-10/h6-8H,5H2,1-4H3. The second-order valence-electron chi connectivity index (χ2n) is 4.17. The number of pyridine rings is 1. The molecule has 0 bridgehead atoms. The molecule has 0 saturated heterocycles. The molecule has 0 N–H and O–H groups in total. The molecule has 0 spiro atoms. The van der Waals surface area contributed by atoms with Crippen molar-refractivity contribution >= 4 is 5.97 Å². The van der Waals surface area contributed by atoms with Crippen molar-refractivity contribution in [2.45, 2.75) is 39.7 Å². The van der Waals surface area contributed by atoms with Crippen molar-refractivity contribution in [3.8, 4) is 0 Å². The van der Waals surface area contributed by atoms with Crippen molar-refractivity contribution in [2.24, 2.45) is 0 Å². The Morgan fingerprint density at radius 3 is 2.67 bits per heavy atom. The average Bonchev–Trinajstić information content (AvgIpc) is 2.17. The van der Waals surface area contributed by atoms with Gasteiger partial charge in [-0.1, -0.05) is 13.0 Å². The van der Waals surface area contributed by atoms with Crippen LogP contribution in [0, 0.1) is 6.92 Å². The van der Waals surface area contributed by atoms with Gasteiger partial charge in [-0.3, -0.25) is 0 Å². The van der Waals surface area contributed by atoms with E-state index in [1.807, 2.05) is 33.8 Å². The van der Waals surface area contributed by atoms with Gasteiger partial charge in [-0.2, -0.15) is 0 Å². The molecule has 3 heteroatoms. The second kappa shape index (κ2) is 4.43. The van der Waals surface area contributed by atoms with Gasteiger partial charge in [0.25, 0.3) is 0 Å². The maximum Gasteiger partial charge on any atom is 0.357 e. The molecule has 1 rings (SSSR count). The van der Waals surface area contributed by atoms with E-state index in [2.05, 4.69) is 4.98 Å². The minimum atomic E-state index is -0.428. The Balaban J connectivity index is 2.78. The molecule has 1 heterocycles. The summed E-state index contributed by atoms with van der Waals surface area (Å²) in [6.07, 6.45) is 0.782. The molecule has 3 nitrogen and oxygen atoms in total. The Morgan fingerprint density at radius 2 is 2.13 bits per heavy atom. The summed E-state index contributed by atoms with van der Waals surface area (Å²) in [7, 11) is 0. The van der Waals surface area contributed by atoms with E-state index in [9.17, 15) is 4.79 Å². The first-order chi connectivity index (χ1) is 6.94. The highest BCUT2D eigenvalue weighted by atomic mass is 16.6. The summed E-state index contributed by atoms with van der Waals surface area (Å²) in [5, 5.41) is 0. The fourth-order valence-electron chi connectivity index (χ4n) is 1.03. The van der Waals surface area contributed by atoms with E-state index in [4.69, 9.17) is 4.74 Å². The fourth-order valence-corrected chi connectivity index (χ4v) is 1.03. The lowest BCUT2D eigenvalue weighted by molar-refractivity contribution is -0.00309. The predicted molar refractivity (Wildman–Crippen MR) is 58.8 cm³/mol. The zero-order valence-electron chi connectivity index (χ0n) is 9.70. The van der Waals surface area contributed by atoms with Crippen LogP contribution in [-0.4, -0.2) is 16.6 Å². The Hall–Kier alpha value is -1.38. The van der Waals surface area contributed by atoms with Crippen molar-refractivity contribution in [3.05, 3.63) is 29.6 Å². The highest BCUT2D eigenvalue weighted by Gasteiger charge is 2.21. The maximum atomic E-state index is 11.7. The van der Waals surface area contributed by atoms with Crippen molar-refractivity contribution in [1.29, 1.82) is 0 Å². The normalized spacial score (nSPS) is 11.2. The Labute approximate surface area is 90.5 Å². The molecular weight excluding hydrogens is 190 g/mol. The predicted octanol–water partition coefficient (Wildman–Crippen LogP) is 2.74. The number of carbonyl (C=O) groups excluding carboxylic acids is 1. The van der Waals surface area contributed by atoms with Crippen LogP contribution < -0.4 is 0 Å². The molecule has 0 aliphatic rings. The van der Waals surface area contributed by atoms with Crippen molar-refractivity contribution < 1.29 is 9.53 Å². The number of hydrogen-bond acceptors (Lipinski definition) is 3. The number of hydrogen-bond donors (Lipinski definition) is 0. The molecule has 0 aliphatic carbocycles. The summed E-state index contributed by atoms with van der Waals surface area (Å²) in [6.45, 7) is 7.61. The number of aromatic nitrogens is 1. The molecule has 1 aromatic heterocycles. The third-order valence-corrected chi connectivity index (χ3v) is 2.32. The van der Waals surface area contributed by atoms with Crippen LogP contribution in [0.5, 0.6) is 0 Å². The second-order valence-corrected chi connectivity index (χ2v) is 4.17. The summed E-state index contributed by atoms with van der Waals surface area (Å²) >= 11 is 0. The van der Waals surface area contributed by atoms with E-state index < -0.39 is 5.60 Å². The lowest BCUT2D eigenvalue weighted by Gasteiger charge is -2.22. The number of carbonyl (C=O) groups is 1. The number of ether oxygens (including phenoxy) is 1. The van der Waals surface area contributed by atoms with E-state index >= 15 is 0 Å². The van der Waals surface area contributed by atoms with Crippen LogP contribution in [0.25, 0.3) is 0 Å². The zero-order chi connectivity index (χ0) is 11.5. The van der Waals surface area contributed by atoms with Gasteiger partial charge >= 0.3 is 5.97 Å². The Morgan fingerprint density at radius 1 is 1.47 bits per heavy atom. The van der Waals surface area contributed by atoms with E-state index in [-0.39, 0.29) is 5.97 Å². The first kappa shape index (κ1) is 11.7.